The molecular formula is C20H34IN3O3. The van der Waals surface area contributed by atoms with Crippen LogP contribution in [0.4, 0.5) is 0 Å². The zero-order chi connectivity index (χ0) is 18.6. The summed E-state index contributed by atoms with van der Waals surface area (Å²) in [5, 5.41) is 3.40. The molecule has 0 aliphatic carbocycles. The van der Waals surface area contributed by atoms with E-state index in [-0.39, 0.29) is 24.0 Å². The summed E-state index contributed by atoms with van der Waals surface area (Å²) in [5.74, 6) is 2.71. The van der Waals surface area contributed by atoms with E-state index in [0.29, 0.717) is 12.7 Å². The highest BCUT2D eigenvalue weighted by atomic mass is 127. The topological polar surface area (TPSA) is 55.3 Å². The lowest BCUT2D eigenvalue weighted by Crippen LogP contribution is -2.47. The van der Waals surface area contributed by atoms with Crippen LogP contribution in [0.15, 0.2) is 29.3 Å². The van der Waals surface area contributed by atoms with Gasteiger partial charge in [0.05, 0.1) is 19.8 Å². The Morgan fingerprint density at radius 3 is 2.41 bits per heavy atom. The smallest absolute Gasteiger partial charge is 0.193 e. The summed E-state index contributed by atoms with van der Waals surface area (Å²) in [4.78, 5) is 7.09. The van der Waals surface area contributed by atoms with E-state index in [1.165, 1.54) is 0 Å². The second-order valence-electron chi connectivity index (χ2n) is 6.25. The molecule has 0 saturated carbocycles. The first-order valence-corrected chi connectivity index (χ1v) is 9.68. The van der Waals surface area contributed by atoms with Crippen LogP contribution in [0, 0.1) is 0 Å². The van der Waals surface area contributed by atoms with E-state index in [1.54, 1.807) is 7.11 Å². The van der Waals surface area contributed by atoms with Crippen LogP contribution in [-0.2, 0) is 4.74 Å². The number of hydrogen-bond acceptors (Lipinski definition) is 4. The number of benzene rings is 1. The van der Waals surface area contributed by atoms with Gasteiger partial charge in [-0.15, -0.1) is 24.0 Å². The number of ether oxygens (including phenoxy) is 3. The average molecular weight is 491 g/mol. The molecule has 7 heteroatoms. The number of nitrogens with one attached hydrogen (secondary N) is 1. The molecule has 0 amide bonds. The lowest BCUT2D eigenvalue weighted by molar-refractivity contribution is 0.0264. The maximum Gasteiger partial charge on any atom is 0.193 e. The molecule has 1 N–H and O–H groups in total. The van der Waals surface area contributed by atoms with Gasteiger partial charge in [0, 0.05) is 39.2 Å². The number of piperidine rings is 1. The van der Waals surface area contributed by atoms with Crippen molar-refractivity contribution in [1.82, 2.24) is 10.2 Å². The molecule has 1 aromatic rings. The molecule has 0 unspecified atom stereocenters. The second-order valence-corrected chi connectivity index (χ2v) is 6.25. The molecule has 1 aliphatic heterocycles. The maximum absolute atomic E-state index is 5.76. The predicted molar refractivity (Wildman–Crippen MR) is 121 cm³/mol. The quantitative estimate of drug-likeness (QED) is 0.248. The number of aliphatic imine (C=N–C) groups is 1. The fourth-order valence-electron chi connectivity index (χ4n) is 3.01. The molecule has 0 atom stereocenters. The van der Waals surface area contributed by atoms with Crippen LogP contribution in [-0.4, -0.2) is 63.5 Å². The Morgan fingerprint density at radius 2 is 1.81 bits per heavy atom. The molecule has 0 bridgehead atoms. The van der Waals surface area contributed by atoms with Gasteiger partial charge in [-0.2, -0.15) is 0 Å². The Labute approximate surface area is 180 Å². The molecule has 0 spiro atoms. The van der Waals surface area contributed by atoms with Crippen molar-refractivity contribution in [2.45, 2.75) is 39.2 Å². The zero-order valence-corrected chi connectivity index (χ0v) is 19.1. The lowest BCUT2D eigenvalue weighted by atomic mass is 10.1. The number of nitrogens with zero attached hydrogens (tertiary/aromatic N) is 2. The fraction of sp³-hybridized carbons (Fsp3) is 0.650. The maximum atomic E-state index is 5.76. The Morgan fingerprint density at radius 1 is 1.15 bits per heavy atom. The first kappa shape index (κ1) is 23.8. The fourth-order valence-corrected chi connectivity index (χ4v) is 3.01. The van der Waals surface area contributed by atoms with Gasteiger partial charge in [0.1, 0.15) is 11.5 Å². The molecule has 1 aliphatic rings. The third-order valence-corrected chi connectivity index (χ3v) is 4.37. The van der Waals surface area contributed by atoms with Gasteiger partial charge in [-0.1, -0.05) is 0 Å². The van der Waals surface area contributed by atoms with Crippen molar-refractivity contribution in [1.29, 1.82) is 0 Å². The van der Waals surface area contributed by atoms with E-state index in [2.05, 4.69) is 24.1 Å². The molecule has 6 nitrogen and oxygen atoms in total. The van der Waals surface area contributed by atoms with Gasteiger partial charge >= 0.3 is 0 Å². The summed E-state index contributed by atoms with van der Waals surface area (Å²) in [6.45, 7) is 9.25. The third-order valence-electron chi connectivity index (χ3n) is 4.37. The van der Waals surface area contributed by atoms with Crippen LogP contribution in [0.1, 0.15) is 33.1 Å². The Kier molecular flexibility index (Phi) is 12.2. The number of likely N-dealkylation sites (tertiary alicyclic amines) is 1. The Balaban J connectivity index is 0.00000364. The average Bonchev–Trinajstić information content (AvgIpc) is 2.68. The van der Waals surface area contributed by atoms with Crippen molar-refractivity contribution in [3.05, 3.63) is 24.3 Å². The highest BCUT2D eigenvalue weighted by Crippen LogP contribution is 2.17. The van der Waals surface area contributed by atoms with Gasteiger partial charge in [0.15, 0.2) is 5.96 Å². The summed E-state index contributed by atoms with van der Waals surface area (Å²) >= 11 is 0. The van der Waals surface area contributed by atoms with Gasteiger partial charge in [0.25, 0.3) is 0 Å². The SMILES string of the molecule is CCNC(=NCCCOc1ccc(OC)cc1)N1CCC(OCC)CC1.I. The van der Waals surface area contributed by atoms with Gasteiger partial charge in [-0.25, -0.2) is 0 Å². The van der Waals surface area contributed by atoms with E-state index >= 15 is 0 Å². The Bertz CT molecular complexity index is 532. The first-order chi connectivity index (χ1) is 12.8. The van der Waals surface area contributed by atoms with Crippen LogP contribution >= 0.6 is 24.0 Å². The minimum Gasteiger partial charge on any atom is -0.497 e. The zero-order valence-electron chi connectivity index (χ0n) is 16.8. The van der Waals surface area contributed by atoms with Crippen LogP contribution in [0.3, 0.4) is 0 Å². The summed E-state index contributed by atoms with van der Waals surface area (Å²) in [6, 6.07) is 7.66. The number of halogens is 1. The van der Waals surface area contributed by atoms with E-state index in [0.717, 1.165) is 69.5 Å². The number of hydrogen-bond donors (Lipinski definition) is 1. The number of guanidine groups is 1. The monoisotopic (exact) mass is 491 g/mol. The summed E-state index contributed by atoms with van der Waals surface area (Å²) in [6.07, 6.45) is 3.42. The van der Waals surface area contributed by atoms with Crippen molar-refractivity contribution in [3.63, 3.8) is 0 Å². The van der Waals surface area contributed by atoms with Crippen LogP contribution in [0.2, 0.25) is 0 Å². The van der Waals surface area contributed by atoms with Crippen molar-refractivity contribution < 1.29 is 14.2 Å². The van der Waals surface area contributed by atoms with Crippen LogP contribution in [0.5, 0.6) is 11.5 Å². The molecule has 0 radical (unpaired) electrons. The van der Waals surface area contributed by atoms with Crippen molar-refractivity contribution in [3.8, 4) is 11.5 Å². The minimum atomic E-state index is 0. The number of rotatable bonds is 9. The lowest BCUT2D eigenvalue weighted by Gasteiger charge is -2.34. The standard InChI is InChI=1S/C20H33N3O3.HI/c1-4-21-20(23-14-11-19(12-15-23)25-5-2)22-13-6-16-26-18-9-7-17(24-3)8-10-18;/h7-10,19H,4-6,11-16H2,1-3H3,(H,21,22);1H. The van der Waals surface area contributed by atoms with Crippen molar-refractivity contribution in [2.24, 2.45) is 4.99 Å². The molecular weight excluding hydrogens is 457 g/mol. The Hall–Kier alpha value is -1.22. The van der Waals surface area contributed by atoms with E-state index in [9.17, 15) is 0 Å². The molecule has 2 rings (SSSR count). The highest BCUT2D eigenvalue weighted by molar-refractivity contribution is 14.0. The normalized spacial score (nSPS) is 15.2. The molecule has 1 fully saturated rings. The molecule has 1 aromatic carbocycles. The second kappa shape index (κ2) is 13.9. The molecule has 154 valence electrons. The first-order valence-electron chi connectivity index (χ1n) is 9.68. The highest BCUT2D eigenvalue weighted by Gasteiger charge is 2.21. The molecule has 27 heavy (non-hydrogen) atoms. The molecule has 1 heterocycles. The summed E-state index contributed by atoms with van der Waals surface area (Å²) < 4.78 is 16.6. The largest absolute Gasteiger partial charge is 0.497 e. The summed E-state index contributed by atoms with van der Waals surface area (Å²) in [7, 11) is 1.66. The van der Waals surface area contributed by atoms with Crippen molar-refractivity contribution >= 4 is 29.9 Å². The van der Waals surface area contributed by atoms with Gasteiger partial charge in [-0.05, 0) is 51.0 Å². The number of methoxy groups -OCH3 is 1. The van der Waals surface area contributed by atoms with Gasteiger partial charge in [0.2, 0.25) is 0 Å². The van der Waals surface area contributed by atoms with E-state index in [4.69, 9.17) is 19.2 Å². The third kappa shape index (κ3) is 8.55. The minimum absolute atomic E-state index is 0. The van der Waals surface area contributed by atoms with Crippen molar-refractivity contribution in [2.75, 3.05) is 46.5 Å². The van der Waals surface area contributed by atoms with Crippen LogP contribution in [0.25, 0.3) is 0 Å². The van der Waals surface area contributed by atoms with Gasteiger partial charge < -0.3 is 24.4 Å². The predicted octanol–water partition coefficient (Wildman–Crippen LogP) is 3.55. The molecule has 0 aromatic heterocycles. The van der Waals surface area contributed by atoms with E-state index < -0.39 is 0 Å². The van der Waals surface area contributed by atoms with Gasteiger partial charge in [-0.3, -0.25) is 4.99 Å². The molecule has 1 saturated heterocycles. The van der Waals surface area contributed by atoms with Crippen LogP contribution < -0.4 is 14.8 Å². The summed E-state index contributed by atoms with van der Waals surface area (Å²) in [5.41, 5.74) is 0. The van der Waals surface area contributed by atoms with E-state index in [1.807, 2.05) is 24.3 Å².